The summed E-state index contributed by atoms with van der Waals surface area (Å²) < 4.78 is 34.1. The highest BCUT2D eigenvalue weighted by Crippen LogP contribution is 2.10. The highest BCUT2D eigenvalue weighted by Gasteiger charge is 2.16. The Kier molecular flexibility index (Phi) is 1.83. The van der Waals surface area contributed by atoms with Gasteiger partial charge >= 0.3 is 0 Å². The Morgan fingerprint density at radius 2 is 1.31 bits per heavy atom. The third-order valence-corrected chi connectivity index (χ3v) is 2.58. The minimum Gasteiger partial charge on any atom is -0.204 e. The number of hydrogen-bond donors (Lipinski definition) is 0. The van der Waals surface area contributed by atoms with Crippen LogP contribution in [0, 0.1) is 11.6 Å². The van der Waals surface area contributed by atoms with Gasteiger partial charge in [0.15, 0.2) is 11.6 Å². The second kappa shape index (κ2) is 2.77. The predicted octanol–water partition coefficient (Wildman–Crippen LogP) is -1.51. The average Bonchev–Trinajstić information content (AvgIpc) is 2.59. The van der Waals surface area contributed by atoms with Crippen molar-refractivity contribution in [3.05, 3.63) is 11.6 Å². The van der Waals surface area contributed by atoms with Crippen LogP contribution >= 0.6 is 11.7 Å². The van der Waals surface area contributed by atoms with Crippen molar-refractivity contribution in [3.8, 4) is 0 Å². The lowest BCUT2D eigenvalue weighted by Gasteiger charge is -2.02. The molecule has 0 N–H and O–H groups in total. The maximum Gasteiger partial charge on any atom is 0.154 e. The Balaban J connectivity index is 3.02. The standard InChI is InChI=1S/C6H4B2F2N2S/c7-1-3(9)4(10)2(8)6-5(1)11-13-12-6/h7-8H2. The molecule has 64 valence electrons. The zero-order chi connectivity index (χ0) is 9.59. The summed E-state index contributed by atoms with van der Waals surface area (Å²) in [6.07, 6.45) is 0. The molecule has 0 aliphatic heterocycles. The molecule has 0 aliphatic rings. The van der Waals surface area contributed by atoms with Crippen LogP contribution in [0.4, 0.5) is 8.78 Å². The fourth-order valence-electron chi connectivity index (χ4n) is 1.22. The van der Waals surface area contributed by atoms with Crippen molar-refractivity contribution in [2.75, 3.05) is 0 Å². The van der Waals surface area contributed by atoms with E-state index in [9.17, 15) is 8.78 Å². The van der Waals surface area contributed by atoms with Crippen molar-refractivity contribution >= 4 is 49.4 Å². The van der Waals surface area contributed by atoms with Crippen LogP contribution in [-0.2, 0) is 0 Å². The summed E-state index contributed by atoms with van der Waals surface area (Å²) in [5, 5.41) is 0. The molecule has 2 rings (SSSR count). The van der Waals surface area contributed by atoms with E-state index in [-0.39, 0.29) is 10.9 Å². The van der Waals surface area contributed by atoms with Gasteiger partial charge in [-0.15, -0.1) is 0 Å². The maximum absolute atomic E-state index is 13.2. The van der Waals surface area contributed by atoms with Gasteiger partial charge in [0.05, 0.1) is 11.7 Å². The molecule has 13 heavy (non-hydrogen) atoms. The van der Waals surface area contributed by atoms with Gasteiger partial charge in [0.2, 0.25) is 0 Å². The number of benzene rings is 1. The summed E-state index contributed by atoms with van der Waals surface area (Å²) >= 11 is 0.965. The van der Waals surface area contributed by atoms with E-state index >= 15 is 0 Å². The van der Waals surface area contributed by atoms with Gasteiger partial charge in [0.25, 0.3) is 0 Å². The monoisotopic (exact) mass is 196 g/mol. The number of fused-ring (bicyclic) bond motifs is 1. The number of nitrogens with zero attached hydrogens (tertiary/aromatic N) is 2. The van der Waals surface area contributed by atoms with E-state index in [1.54, 1.807) is 0 Å². The lowest BCUT2D eigenvalue weighted by Crippen LogP contribution is -2.22. The van der Waals surface area contributed by atoms with Crippen LogP contribution in [0.5, 0.6) is 0 Å². The van der Waals surface area contributed by atoms with Crippen LogP contribution < -0.4 is 10.9 Å². The van der Waals surface area contributed by atoms with Crippen LogP contribution in [0.25, 0.3) is 11.0 Å². The van der Waals surface area contributed by atoms with Gasteiger partial charge in [0, 0.05) is 0 Å². The summed E-state index contributed by atoms with van der Waals surface area (Å²) in [4.78, 5) is 0. The topological polar surface area (TPSA) is 25.8 Å². The number of rotatable bonds is 0. The predicted molar refractivity (Wildman–Crippen MR) is 53.7 cm³/mol. The first kappa shape index (κ1) is 8.62. The average molecular weight is 196 g/mol. The summed E-state index contributed by atoms with van der Waals surface area (Å²) in [5.41, 5.74) is 1.38. The Bertz CT molecular complexity index is 443. The zero-order valence-corrected chi connectivity index (χ0v) is 7.88. The first-order chi connectivity index (χ1) is 6.13. The van der Waals surface area contributed by atoms with Gasteiger partial charge in [-0.3, -0.25) is 0 Å². The lowest BCUT2D eigenvalue weighted by molar-refractivity contribution is 0.521. The van der Waals surface area contributed by atoms with Gasteiger partial charge in [-0.25, -0.2) is 8.78 Å². The molecule has 1 aromatic carbocycles. The van der Waals surface area contributed by atoms with E-state index in [0.29, 0.717) is 11.0 Å². The van der Waals surface area contributed by atoms with Crippen molar-refractivity contribution in [1.29, 1.82) is 0 Å². The highest BCUT2D eigenvalue weighted by molar-refractivity contribution is 7.00. The molecule has 0 radical (unpaired) electrons. The lowest BCUT2D eigenvalue weighted by atomic mass is 9.86. The first-order valence-corrected chi connectivity index (χ1v) is 4.42. The van der Waals surface area contributed by atoms with Crippen molar-refractivity contribution in [2.24, 2.45) is 0 Å². The van der Waals surface area contributed by atoms with E-state index in [4.69, 9.17) is 0 Å². The normalized spacial score (nSPS) is 10.9. The van der Waals surface area contributed by atoms with E-state index in [1.165, 1.54) is 15.7 Å². The smallest absolute Gasteiger partial charge is 0.154 e. The highest BCUT2D eigenvalue weighted by atomic mass is 32.1. The second-order valence-corrected chi connectivity index (χ2v) is 3.37. The van der Waals surface area contributed by atoms with E-state index < -0.39 is 11.6 Å². The van der Waals surface area contributed by atoms with Gasteiger partial charge in [-0.2, -0.15) is 8.75 Å². The van der Waals surface area contributed by atoms with Crippen LogP contribution in [0.15, 0.2) is 0 Å². The van der Waals surface area contributed by atoms with Crippen molar-refractivity contribution in [2.45, 2.75) is 0 Å². The second-order valence-electron chi connectivity index (χ2n) is 2.84. The molecule has 0 saturated heterocycles. The largest absolute Gasteiger partial charge is 0.204 e. The number of halogens is 2. The molecule has 1 aromatic heterocycles. The quantitative estimate of drug-likeness (QED) is 0.478. The summed E-state index contributed by atoms with van der Waals surface area (Å²) in [7, 11) is 3.00. The molecular formula is C6H4B2F2N2S. The Labute approximate surface area is 79.1 Å². The third kappa shape index (κ3) is 1.07. The molecule has 0 spiro atoms. The van der Waals surface area contributed by atoms with E-state index in [1.807, 2.05) is 0 Å². The Morgan fingerprint density at radius 1 is 0.923 bits per heavy atom. The molecule has 0 bridgehead atoms. The Hall–Kier alpha value is -0.970. The van der Waals surface area contributed by atoms with Gasteiger partial charge < -0.3 is 0 Å². The van der Waals surface area contributed by atoms with Gasteiger partial charge in [0.1, 0.15) is 26.7 Å². The molecule has 0 aliphatic carbocycles. The molecule has 0 saturated carbocycles. The summed E-state index contributed by atoms with van der Waals surface area (Å²) in [6, 6.07) is 0. The molecule has 2 aromatic rings. The van der Waals surface area contributed by atoms with Crippen LogP contribution in [-0.4, -0.2) is 24.4 Å². The molecule has 1 heterocycles. The molecule has 0 unspecified atom stereocenters. The first-order valence-electron chi connectivity index (χ1n) is 3.69. The minimum absolute atomic E-state index is 0.229. The summed E-state index contributed by atoms with van der Waals surface area (Å²) in [6.45, 7) is 0. The molecule has 7 heteroatoms. The molecular weight excluding hydrogens is 192 g/mol. The van der Waals surface area contributed by atoms with Gasteiger partial charge in [-0.1, -0.05) is 0 Å². The SMILES string of the molecule is Bc1c(F)c(F)c(B)c2nsnc12. The van der Waals surface area contributed by atoms with E-state index in [0.717, 1.165) is 11.7 Å². The number of aromatic nitrogens is 2. The molecule has 0 fully saturated rings. The molecule has 2 nitrogen and oxygen atoms in total. The zero-order valence-electron chi connectivity index (χ0n) is 7.06. The number of hydrogen-bond acceptors (Lipinski definition) is 3. The van der Waals surface area contributed by atoms with E-state index in [2.05, 4.69) is 8.75 Å². The van der Waals surface area contributed by atoms with Crippen molar-refractivity contribution < 1.29 is 8.78 Å². The fraction of sp³-hybridized carbons (Fsp3) is 0. The fourth-order valence-corrected chi connectivity index (χ4v) is 1.87. The van der Waals surface area contributed by atoms with Gasteiger partial charge in [-0.05, 0) is 10.9 Å². The Morgan fingerprint density at radius 3 is 1.69 bits per heavy atom. The van der Waals surface area contributed by atoms with Crippen LogP contribution in [0.1, 0.15) is 0 Å². The molecule has 0 atom stereocenters. The van der Waals surface area contributed by atoms with Crippen molar-refractivity contribution in [3.63, 3.8) is 0 Å². The van der Waals surface area contributed by atoms with Crippen LogP contribution in [0.2, 0.25) is 0 Å². The maximum atomic E-state index is 13.2. The third-order valence-electron chi connectivity index (χ3n) is 2.05. The van der Waals surface area contributed by atoms with Crippen molar-refractivity contribution in [1.82, 2.24) is 8.75 Å². The van der Waals surface area contributed by atoms with Crippen LogP contribution in [0.3, 0.4) is 0 Å². The minimum atomic E-state index is -0.822. The molecule has 0 amide bonds. The summed E-state index contributed by atoms with van der Waals surface area (Å²) in [5.74, 6) is -1.64.